The van der Waals surface area contributed by atoms with Crippen LogP contribution in [0.15, 0.2) is 35.7 Å². The van der Waals surface area contributed by atoms with Crippen LogP contribution >= 0.6 is 11.3 Å². The van der Waals surface area contributed by atoms with E-state index in [1.165, 1.54) is 16.2 Å². The molecule has 62 heavy (non-hydrogen) atoms. The van der Waals surface area contributed by atoms with Crippen molar-refractivity contribution in [3.63, 3.8) is 0 Å². The number of alkyl halides is 2. The molecule has 4 atom stereocenters. The number of amides is 4. The van der Waals surface area contributed by atoms with E-state index >= 15 is 0 Å². The Balaban J connectivity index is 1.23. The van der Waals surface area contributed by atoms with Crippen LogP contribution < -0.4 is 19.5 Å². The summed E-state index contributed by atoms with van der Waals surface area (Å²) in [6, 6.07) is 2.98. The van der Waals surface area contributed by atoms with Gasteiger partial charge in [-0.2, -0.15) is 0 Å². The van der Waals surface area contributed by atoms with Gasteiger partial charge in [0, 0.05) is 54.1 Å². The lowest BCUT2D eigenvalue weighted by atomic mass is 9.94. The Labute approximate surface area is 365 Å². The molecule has 2 aromatic heterocycles. The SMILES string of the molecule is COc1ccc2c(O[C@@H]3C[C@H]4C(=O)N[C@@H](C(=O)NS(=O)(=O)C5CC5)C/C=C\CCCCC[C@H](CC(=O)N5CCCC(F)(F)C5)C(=O)N4C3)cc(-c3nc(C(C)C)cs3)nc2c1C. The number of ether oxygens (including phenoxy) is 2. The number of piperidine rings is 1. The minimum atomic E-state index is -3.94. The molecule has 18 heteroatoms. The van der Waals surface area contributed by atoms with Gasteiger partial charge in [-0.15, -0.1) is 11.3 Å². The van der Waals surface area contributed by atoms with E-state index in [9.17, 15) is 36.4 Å². The van der Waals surface area contributed by atoms with Crippen LogP contribution in [0.5, 0.6) is 11.5 Å². The van der Waals surface area contributed by atoms with Gasteiger partial charge in [0.2, 0.25) is 27.7 Å². The fourth-order valence-electron chi connectivity index (χ4n) is 8.45. The van der Waals surface area contributed by atoms with Crippen LogP contribution in [-0.2, 0) is 29.2 Å². The zero-order valence-corrected chi connectivity index (χ0v) is 37.3. The summed E-state index contributed by atoms with van der Waals surface area (Å²) in [5.41, 5.74) is 2.86. The summed E-state index contributed by atoms with van der Waals surface area (Å²) in [4.78, 5) is 68.8. The van der Waals surface area contributed by atoms with Gasteiger partial charge in [-0.1, -0.05) is 38.8 Å². The first-order valence-electron chi connectivity index (χ1n) is 21.6. The Bertz CT molecular complexity index is 2320. The average molecular weight is 899 g/mol. The molecule has 4 aliphatic rings. The Kier molecular flexibility index (Phi) is 13.9. The Morgan fingerprint density at radius 3 is 2.56 bits per heavy atom. The summed E-state index contributed by atoms with van der Waals surface area (Å²) in [6.07, 6.45) is 6.20. The Morgan fingerprint density at radius 1 is 1.06 bits per heavy atom. The Morgan fingerprint density at radius 2 is 1.85 bits per heavy atom. The highest BCUT2D eigenvalue weighted by atomic mass is 32.2. The molecular formula is C44H56F2N6O8S2. The van der Waals surface area contributed by atoms with E-state index in [2.05, 4.69) is 23.9 Å². The second-order valence-corrected chi connectivity index (χ2v) is 20.1. The molecule has 5 heterocycles. The van der Waals surface area contributed by atoms with Crippen molar-refractivity contribution in [3.8, 4) is 22.2 Å². The van der Waals surface area contributed by atoms with Gasteiger partial charge in [-0.3, -0.25) is 23.9 Å². The number of aryl methyl sites for hydroxylation is 1. The van der Waals surface area contributed by atoms with Crippen LogP contribution in [0, 0.1) is 12.8 Å². The number of halogens is 2. The number of carbonyl (C=O) groups is 4. The number of nitrogens with zero attached hydrogens (tertiary/aromatic N) is 4. The maximum absolute atomic E-state index is 14.8. The molecule has 2 N–H and O–H groups in total. The minimum absolute atomic E-state index is 0.00975. The van der Waals surface area contributed by atoms with Crippen LogP contribution in [0.1, 0.15) is 108 Å². The Hall–Kier alpha value is -4.71. The lowest BCUT2D eigenvalue weighted by Crippen LogP contribution is -2.54. The van der Waals surface area contributed by atoms with Crippen molar-refractivity contribution in [2.45, 2.75) is 133 Å². The van der Waals surface area contributed by atoms with E-state index in [0.29, 0.717) is 71.6 Å². The number of benzene rings is 1. The summed E-state index contributed by atoms with van der Waals surface area (Å²) in [5, 5.41) is 5.41. The molecule has 0 radical (unpaired) electrons. The molecule has 1 saturated carbocycles. The maximum atomic E-state index is 14.8. The van der Waals surface area contributed by atoms with Gasteiger partial charge in [-0.05, 0) is 69.9 Å². The molecule has 3 aromatic rings. The monoisotopic (exact) mass is 898 g/mol. The standard InChI is InChI=1S/C44H56F2N6O8S2/c1-26(2)34-24-61-42(49-34)33-22-37(31-16-17-36(59-4)27(3)39(31)47-33)60-29-21-35-41(55)48-32(40(54)50-62(57,58)30-14-15-30)13-10-8-6-5-7-9-12-28(43(56)52(35)23-29)20-38(53)51-19-11-18-44(45,46)25-51/h8,10,16-17,22,24,26,28-30,32,35H,5-7,9,11-15,18-21,23,25H2,1-4H3,(H,48,55)(H,50,54)/b10-8-/t28-,29-,32-,35+/m1/s1. The molecular weight excluding hydrogens is 843 g/mol. The van der Waals surface area contributed by atoms with Crippen molar-refractivity contribution >= 4 is 55.9 Å². The van der Waals surface area contributed by atoms with Gasteiger partial charge in [0.1, 0.15) is 40.4 Å². The van der Waals surface area contributed by atoms with Crippen LogP contribution in [-0.4, -0.2) is 108 Å². The number of aromatic nitrogens is 2. The molecule has 4 amide bonds. The highest BCUT2D eigenvalue weighted by Gasteiger charge is 2.45. The molecule has 7 rings (SSSR count). The van der Waals surface area contributed by atoms with Crippen LogP contribution in [0.3, 0.4) is 0 Å². The topological polar surface area (TPSA) is 177 Å². The molecule has 0 spiro atoms. The number of methoxy groups -OCH3 is 1. The third kappa shape index (κ3) is 10.5. The molecule has 3 aliphatic heterocycles. The third-order valence-electron chi connectivity index (χ3n) is 12.2. The number of hydrogen-bond acceptors (Lipinski definition) is 11. The number of nitrogens with one attached hydrogen (secondary N) is 2. The predicted octanol–water partition coefficient (Wildman–Crippen LogP) is 6.41. The second kappa shape index (κ2) is 19.0. The van der Waals surface area contributed by atoms with E-state index in [1.807, 2.05) is 30.5 Å². The zero-order valence-electron chi connectivity index (χ0n) is 35.7. The summed E-state index contributed by atoms with van der Waals surface area (Å²) in [7, 11) is -2.36. The number of pyridine rings is 1. The van der Waals surface area contributed by atoms with Gasteiger partial charge in [-0.25, -0.2) is 27.2 Å². The molecule has 3 fully saturated rings. The van der Waals surface area contributed by atoms with Crippen molar-refractivity contribution < 1.29 is 45.9 Å². The van der Waals surface area contributed by atoms with Crippen molar-refractivity contribution in [2.24, 2.45) is 5.92 Å². The predicted molar refractivity (Wildman–Crippen MR) is 230 cm³/mol. The molecule has 2 saturated heterocycles. The quantitative estimate of drug-likeness (QED) is 0.216. The normalized spacial score (nSPS) is 24.5. The van der Waals surface area contributed by atoms with Crippen molar-refractivity contribution in [1.29, 1.82) is 0 Å². The lowest BCUT2D eigenvalue weighted by Gasteiger charge is -2.34. The van der Waals surface area contributed by atoms with Crippen LogP contribution in [0.25, 0.3) is 21.6 Å². The number of rotatable bonds is 10. The number of likely N-dealkylation sites (tertiary alicyclic amines) is 1. The number of fused-ring (bicyclic) bond motifs is 2. The fraction of sp³-hybridized carbons (Fsp3) is 0.591. The van der Waals surface area contributed by atoms with Crippen molar-refractivity contribution in [3.05, 3.63) is 47.0 Å². The van der Waals surface area contributed by atoms with Crippen molar-refractivity contribution in [1.82, 2.24) is 29.8 Å². The molecule has 14 nitrogen and oxygen atoms in total. The second-order valence-electron chi connectivity index (χ2n) is 17.3. The summed E-state index contributed by atoms with van der Waals surface area (Å²) < 4.78 is 69.1. The average Bonchev–Trinajstić information content (AvgIpc) is 3.83. The molecule has 1 aromatic carbocycles. The summed E-state index contributed by atoms with van der Waals surface area (Å²) in [6.45, 7) is 5.38. The van der Waals surface area contributed by atoms with Gasteiger partial charge >= 0.3 is 0 Å². The highest BCUT2D eigenvalue weighted by Crippen LogP contribution is 2.39. The molecule has 0 unspecified atom stereocenters. The van der Waals surface area contributed by atoms with E-state index < -0.39 is 75.5 Å². The lowest BCUT2D eigenvalue weighted by molar-refractivity contribution is -0.148. The number of sulfonamides is 1. The first-order chi connectivity index (χ1) is 29.5. The van der Waals surface area contributed by atoms with Gasteiger partial charge in [0.15, 0.2) is 0 Å². The van der Waals surface area contributed by atoms with Crippen molar-refractivity contribution in [2.75, 3.05) is 26.7 Å². The number of carbonyl (C=O) groups excluding carboxylic acids is 4. The number of hydrogen-bond donors (Lipinski definition) is 2. The summed E-state index contributed by atoms with van der Waals surface area (Å²) in [5.74, 6) is -5.31. The molecule has 1 aliphatic carbocycles. The molecule has 0 bridgehead atoms. The fourth-order valence-corrected chi connectivity index (χ4v) is 10.7. The van der Waals surface area contributed by atoms with E-state index in [-0.39, 0.29) is 51.1 Å². The summed E-state index contributed by atoms with van der Waals surface area (Å²) >= 11 is 1.45. The third-order valence-corrected chi connectivity index (χ3v) is 14.9. The minimum Gasteiger partial charge on any atom is -0.496 e. The smallest absolute Gasteiger partial charge is 0.265 e. The number of thiazole rings is 1. The first-order valence-corrected chi connectivity index (χ1v) is 24.0. The molecule has 336 valence electrons. The van der Waals surface area contributed by atoms with Gasteiger partial charge in [0.05, 0.1) is 36.7 Å². The van der Waals surface area contributed by atoms with Gasteiger partial charge in [0.25, 0.3) is 11.8 Å². The van der Waals surface area contributed by atoms with Crippen LogP contribution in [0.2, 0.25) is 0 Å². The zero-order chi connectivity index (χ0) is 44.3. The van der Waals surface area contributed by atoms with Gasteiger partial charge < -0.3 is 24.6 Å². The van der Waals surface area contributed by atoms with E-state index in [1.54, 1.807) is 19.3 Å². The maximum Gasteiger partial charge on any atom is 0.265 e. The van der Waals surface area contributed by atoms with E-state index in [0.717, 1.165) is 22.6 Å². The largest absolute Gasteiger partial charge is 0.496 e. The van der Waals surface area contributed by atoms with Crippen LogP contribution in [0.4, 0.5) is 8.78 Å². The van der Waals surface area contributed by atoms with E-state index in [4.69, 9.17) is 19.4 Å². The number of allylic oxidation sites excluding steroid dienone is 1. The first kappa shape index (κ1) is 45.3. The highest BCUT2D eigenvalue weighted by molar-refractivity contribution is 7.90.